The van der Waals surface area contributed by atoms with Crippen molar-refractivity contribution in [1.82, 2.24) is 19.9 Å². The molecule has 0 atom stereocenters. The Morgan fingerprint density at radius 2 is 2.05 bits per heavy atom. The first kappa shape index (κ1) is 13.4. The molecule has 0 saturated heterocycles. The smallest absolute Gasteiger partial charge is 0.184 e. The zero-order valence-corrected chi connectivity index (χ0v) is 11.4. The molecule has 0 aliphatic heterocycles. The molecular formula is C13H18N4O2. The first-order chi connectivity index (χ1) is 9.30. The Balaban J connectivity index is 2.30. The van der Waals surface area contributed by atoms with E-state index in [4.69, 9.17) is 9.47 Å². The summed E-state index contributed by atoms with van der Waals surface area (Å²) in [4.78, 5) is 8.66. The second kappa shape index (κ2) is 6.19. The van der Waals surface area contributed by atoms with Gasteiger partial charge in [-0.05, 0) is 7.05 Å². The van der Waals surface area contributed by atoms with E-state index < -0.39 is 0 Å². The Hall–Kier alpha value is -2.08. The Kier molecular flexibility index (Phi) is 4.35. The molecular weight excluding hydrogens is 244 g/mol. The molecule has 0 aromatic carbocycles. The molecule has 2 aromatic rings. The van der Waals surface area contributed by atoms with E-state index in [1.165, 1.54) is 0 Å². The van der Waals surface area contributed by atoms with Gasteiger partial charge in [-0.15, -0.1) is 0 Å². The second-order valence-electron chi connectivity index (χ2n) is 3.99. The van der Waals surface area contributed by atoms with Crippen LogP contribution in [0, 0.1) is 0 Å². The van der Waals surface area contributed by atoms with Gasteiger partial charge in [0.15, 0.2) is 11.5 Å². The Labute approximate surface area is 112 Å². The van der Waals surface area contributed by atoms with Crippen LogP contribution in [0.3, 0.4) is 0 Å². The van der Waals surface area contributed by atoms with E-state index in [0.29, 0.717) is 24.6 Å². The second-order valence-corrected chi connectivity index (χ2v) is 3.99. The number of methoxy groups -OCH3 is 2. The molecule has 102 valence electrons. The fraction of sp³-hybridized carbons (Fsp3) is 0.385. The Morgan fingerprint density at radius 1 is 1.21 bits per heavy atom. The molecule has 0 amide bonds. The summed E-state index contributed by atoms with van der Waals surface area (Å²) < 4.78 is 12.7. The monoisotopic (exact) mass is 262 g/mol. The van der Waals surface area contributed by atoms with Gasteiger partial charge in [0.1, 0.15) is 11.5 Å². The van der Waals surface area contributed by atoms with Crippen LogP contribution in [0.4, 0.5) is 0 Å². The highest BCUT2D eigenvalue weighted by Gasteiger charge is 2.12. The van der Waals surface area contributed by atoms with E-state index in [2.05, 4.69) is 15.3 Å². The van der Waals surface area contributed by atoms with Crippen LogP contribution in [0.2, 0.25) is 0 Å². The molecule has 6 nitrogen and oxygen atoms in total. The Bertz CT molecular complexity index is 539. The zero-order chi connectivity index (χ0) is 13.7. The topological polar surface area (TPSA) is 61.2 Å². The maximum atomic E-state index is 5.38. The van der Waals surface area contributed by atoms with Crippen LogP contribution < -0.4 is 14.8 Å². The van der Waals surface area contributed by atoms with Gasteiger partial charge in [0.2, 0.25) is 0 Å². The van der Waals surface area contributed by atoms with Gasteiger partial charge in [-0.3, -0.25) is 4.98 Å². The number of rotatable bonds is 6. The average molecular weight is 262 g/mol. The van der Waals surface area contributed by atoms with Crippen LogP contribution in [0.15, 0.2) is 24.7 Å². The number of hydrogen-bond acceptors (Lipinski definition) is 5. The normalized spacial score (nSPS) is 10.5. The standard InChI is InChI=1S/C13H18N4O2/c1-14-8-12-16-6-7-17(12)9-10-13(19-3)11(18-2)4-5-15-10/h4-7,14H,8-9H2,1-3H3. The number of nitrogens with zero attached hydrogens (tertiary/aromatic N) is 3. The van der Waals surface area contributed by atoms with Gasteiger partial charge in [0.05, 0.1) is 27.3 Å². The summed E-state index contributed by atoms with van der Waals surface area (Å²) in [6, 6.07) is 1.78. The molecule has 0 spiro atoms. The van der Waals surface area contributed by atoms with Gasteiger partial charge in [0, 0.05) is 24.7 Å². The average Bonchev–Trinajstić information content (AvgIpc) is 2.86. The first-order valence-corrected chi connectivity index (χ1v) is 6.00. The molecule has 1 N–H and O–H groups in total. The molecule has 0 unspecified atom stereocenters. The molecule has 0 aliphatic rings. The number of hydrogen-bond donors (Lipinski definition) is 1. The molecule has 6 heteroatoms. The quantitative estimate of drug-likeness (QED) is 0.843. The third-order valence-corrected chi connectivity index (χ3v) is 2.82. The summed E-state index contributed by atoms with van der Waals surface area (Å²) in [5.41, 5.74) is 0.817. The van der Waals surface area contributed by atoms with E-state index >= 15 is 0 Å². The van der Waals surface area contributed by atoms with Gasteiger partial charge in [-0.1, -0.05) is 0 Å². The van der Waals surface area contributed by atoms with Gasteiger partial charge in [0.25, 0.3) is 0 Å². The van der Waals surface area contributed by atoms with E-state index in [-0.39, 0.29) is 0 Å². The lowest BCUT2D eigenvalue weighted by Crippen LogP contribution is -2.13. The fourth-order valence-corrected chi connectivity index (χ4v) is 1.93. The Morgan fingerprint density at radius 3 is 2.74 bits per heavy atom. The minimum Gasteiger partial charge on any atom is -0.493 e. The molecule has 2 rings (SSSR count). The highest BCUT2D eigenvalue weighted by atomic mass is 16.5. The number of aromatic nitrogens is 3. The van der Waals surface area contributed by atoms with Crippen molar-refractivity contribution in [2.24, 2.45) is 0 Å². The minimum absolute atomic E-state index is 0.595. The van der Waals surface area contributed by atoms with E-state index in [1.54, 1.807) is 32.7 Å². The maximum absolute atomic E-state index is 5.38. The van der Waals surface area contributed by atoms with E-state index in [0.717, 1.165) is 11.5 Å². The largest absolute Gasteiger partial charge is 0.493 e. The van der Waals surface area contributed by atoms with Crippen molar-refractivity contribution in [3.8, 4) is 11.5 Å². The van der Waals surface area contributed by atoms with Crippen molar-refractivity contribution in [2.45, 2.75) is 13.1 Å². The molecule has 0 fully saturated rings. The molecule has 0 aliphatic carbocycles. The van der Waals surface area contributed by atoms with Gasteiger partial charge in [-0.25, -0.2) is 4.98 Å². The van der Waals surface area contributed by atoms with Crippen molar-refractivity contribution in [2.75, 3.05) is 21.3 Å². The zero-order valence-electron chi connectivity index (χ0n) is 11.4. The number of ether oxygens (including phenoxy) is 2. The summed E-state index contributed by atoms with van der Waals surface area (Å²) in [5, 5.41) is 3.09. The summed E-state index contributed by atoms with van der Waals surface area (Å²) in [6.45, 7) is 1.30. The number of nitrogens with one attached hydrogen (secondary N) is 1. The van der Waals surface area contributed by atoms with E-state index in [9.17, 15) is 0 Å². The molecule has 2 aromatic heterocycles. The van der Waals surface area contributed by atoms with Crippen LogP contribution in [-0.2, 0) is 13.1 Å². The van der Waals surface area contributed by atoms with Gasteiger partial charge in [-0.2, -0.15) is 0 Å². The lowest BCUT2D eigenvalue weighted by Gasteiger charge is -2.13. The van der Waals surface area contributed by atoms with Gasteiger partial charge < -0.3 is 19.4 Å². The lowest BCUT2D eigenvalue weighted by molar-refractivity contribution is 0.348. The summed E-state index contributed by atoms with van der Waals surface area (Å²) in [7, 11) is 5.13. The van der Waals surface area contributed by atoms with Crippen LogP contribution in [0.25, 0.3) is 0 Å². The van der Waals surface area contributed by atoms with E-state index in [1.807, 2.05) is 17.8 Å². The van der Waals surface area contributed by atoms with Crippen LogP contribution in [-0.4, -0.2) is 35.8 Å². The SMILES string of the molecule is CNCc1nccn1Cc1nccc(OC)c1OC. The molecule has 2 heterocycles. The highest BCUT2D eigenvalue weighted by Crippen LogP contribution is 2.29. The molecule has 0 bridgehead atoms. The third-order valence-electron chi connectivity index (χ3n) is 2.82. The van der Waals surface area contributed by atoms with Crippen molar-refractivity contribution < 1.29 is 9.47 Å². The predicted molar refractivity (Wildman–Crippen MR) is 71.4 cm³/mol. The predicted octanol–water partition coefficient (Wildman–Crippen LogP) is 1.06. The third kappa shape index (κ3) is 2.85. The summed E-state index contributed by atoms with van der Waals surface area (Å²) >= 11 is 0. The lowest BCUT2D eigenvalue weighted by atomic mass is 10.3. The highest BCUT2D eigenvalue weighted by molar-refractivity contribution is 5.42. The number of pyridine rings is 1. The summed E-state index contributed by atoms with van der Waals surface area (Å²) in [6.07, 6.45) is 5.41. The fourth-order valence-electron chi connectivity index (χ4n) is 1.93. The molecule has 0 saturated carbocycles. The van der Waals surface area contributed by atoms with Crippen molar-refractivity contribution in [1.29, 1.82) is 0 Å². The van der Waals surface area contributed by atoms with Crippen molar-refractivity contribution in [3.63, 3.8) is 0 Å². The van der Waals surface area contributed by atoms with Crippen molar-refractivity contribution >= 4 is 0 Å². The maximum Gasteiger partial charge on any atom is 0.184 e. The first-order valence-electron chi connectivity index (χ1n) is 6.00. The molecule has 0 radical (unpaired) electrons. The van der Waals surface area contributed by atoms with Gasteiger partial charge >= 0.3 is 0 Å². The van der Waals surface area contributed by atoms with Crippen molar-refractivity contribution in [3.05, 3.63) is 36.2 Å². The van der Waals surface area contributed by atoms with Crippen LogP contribution >= 0.6 is 0 Å². The molecule has 19 heavy (non-hydrogen) atoms. The summed E-state index contributed by atoms with van der Waals surface area (Å²) in [5.74, 6) is 2.30. The van der Waals surface area contributed by atoms with Crippen LogP contribution in [0.1, 0.15) is 11.5 Å². The number of imidazole rings is 1. The van der Waals surface area contributed by atoms with Crippen LogP contribution in [0.5, 0.6) is 11.5 Å². The minimum atomic E-state index is 0.595.